The molecule has 1 aromatic heterocycles. The minimum absolute atomic E-state index is 0.0406. The van der Waals surface area contributed by atoms with E-state index >= 15 is 0 Å². The zero-order chi connectivity index (χ0) is 21.8. The van der Waals surface area contributed by atoms with Crippen LogP contribution in [0.15, 0.2) is 41.8 Å². The lowest BCUT2D eigenvalue weighted by molar-refractivity contribution is -0.139. The number of anilines is 1. The Morgan fingerprint density at radius 1 is 1.10 bits per heavy atom. The number of hydrogen-bond acceptors (Lipinski definition) is 5. The molecular formula is C22H26F3N3O2S. The number of thiophene rings is 1. The summed E-state index contributed by atoms with van der Waals surface area (Å²) in [4.78, 5) is 19.8. The molecule has 0 saturated carbocycles. The molecule has 0 aliphatic carbocycles. The number of carbonyl (C=O) groups is 1. The van der Waals surface area contributed by atoms with E-state index in [0.29, 0.717) is 44.9 Å². The van der Waals surface area contributed by atoms with E-state index in [1.54, 1.807) is 17.4 Å². The van der Waals surface area contributed by atoms with Crippen LogP contribution in [-0.4, -0.2) is 74.2 Å². The normalized spacial score (nSPS) is 20.8. The van der Waals surface area contributed by atoms with E-state index in [0.717, 1.165) is 30.6 Å². The van der Waals surface area contributed by atoms with Crippen molar-refractivity contribution in [2.24, 2.45) is 0 Å². The van der Waals surface area contributed by atoms with Crippen LogP contribution in [-0.2, 0) is 22.1 Å². The highest BCUT2D eigenvalue weighted by Gasteiger charge is 2.31. The van der Waals surface area contributed by atoms with E-state index in [1.165, 1.54) is 12.1 Å². The molecule has 2 aliphatic heterocycles. The average molecular weight is 454 g/mol. The Hall–Kier alpha value is -2.10. The van der Waals surface area contributed by atoms with Gasteiger partial charge in [-0.2, -0.15) is 13.2 Å². The van der Waals surface area contributed by atoms with E-state index in [1.807, 2.05) is 27.3 Å². The first-order valence-electron chi connectivity index (χ1n) is 10.4. The van der Waals surface area contributed by atoms with Crippen LogP contribution in [0.5, 0.6) is 0 Å². The maximum atomic E-state index is 13.0. The largest absolute Gasteiger partial charge is 0.416 e. The summed E-state index contributed by atoms with van der Waals surface area (Å²) in [6.07, 6.45) is -3.94. The number of amides is 1. The molecule has 2 aromatic rings. The zero-order valence-corrected chi connectivity index (χ0v) is 18.0. The molecule has 0 bridgehead atoms. The third-order valence-electron chi connectivity index (χ3n) is 5.77. The highest BCUT2D eigenvalue weighted by Crippen LogP contribution is 2.32. The average Bonchev–Trinajstić information content (AvgIpc) is 3.27. The number of nitrogens with zero attached hydrogens (tertiary/aromatic N) is 3. The molecule has 9 heteroatoms. The monoisotopic (exact) mass is 453 g/mol. The zero-order valence-electron chi connectivity index (χ0n) is 17.2. The van der Waals surface area contributed by atoms with E-state index in [-0.39, 0.29) is 12.0 Å². The lowest BCUT2D eigenvalue weighted by Gasteiger charge is -2.40. The van der Waals surface area contributed by atoms with Crippen molar-refractivity contribution in [3.63, 3.8) is 0 Å². The van der Waals surface area contributed by atoms with Crippen LogP contribution in [0.1, 0.15) is 10.4 Å². The number of piperazine rings is 1. The number of morpholine rings is 1. The fourth-order valence-electron chi connectivity index (χ4n) is 4.09. The maximum absolute atomic E-state index is 13.0. The van der Waals surface area contributed by atoms with E-state index < -0.39 is 11.7 Å². The molecule has 2 fully saturated rings. The van der Waals surface area contributed by atoms with Crippen molar-refractivity contribution in [3.05, 3.63) is 52.2 Å². The number of alkyl halides is 3. The molecule has 168 valence electrons. The van der Waals surface area contributed by atoms with Gasteiger partial charge in [-0.25, -0.2) is 0 Å². The van der Waals surface area contributed by atoms with Gasteiger partial charge in [0, 0.05) is 56.4 Å². The molecule has 1 aromatic carbocycles. The van der Waals surface area contributed by atoms with Crippen molar-refractivity contribution in [2.45, 2.75) is 18.7 Å². The summed E-state index contributed by atoms with van der Waals surface area (Å²) in [7, 11) is 0. The smallest absolute Gasteiger partial charge is 0.373 e. The third-order valence-corrected chi connectivity index (χ3v) is 6.65. The van der Waals surface area contributed by atoms with Crippen molar-refractivity contribution in [3.8, 4) is 0 Å². The molecule has 1 amide bonds. The Kier molecular flexibility index (Phi) is 6.83. The number of carbonyl (C=O) groups excluding carboxylic acids is 1. The summed E-state index contributed by atoms with van der Waals surface area (Å²) in [5, 5.41) is 1.98. The fraction of sp³-hybridized carbons (Fsp3) is 0.500. The molecule has 5 nitrogen and oxygen atoms in total. The molecule has 3 heterocycles. The van der Waals surface area contributed by atoms with Gasteiger partial charge in [-0.1, -0.05) is 12.1 Å². The van der Waals surface area contributed by atoms with Gasteiger partial charge in [-0.15, -0.1) is 11.3 Å². The molecule has 31 heavy (non-hydrogen) atoms. The third kappa shape index (κ3) is 5.78. The van der Waals surface area contributed by atoms with Gasteiger partial charge in [0.1, 0.15) is 0 Å². The number of halogens is 3. The van der Waals surface area contributed by atoms with Crippen molar-refractivity contribution < 1.29 is 22.7 Å². The topological polar surface area (TPSA) is 36.0 Å². The Labute approximate surface area is 184 Å². The van der Waals surface area contributed by atoms with Crippen molar-refractivity contribution >= 4 is 22.9 Å². The summed E-state index contributed by atoms with van der Waals surface area (Å²) in [5.74, 6) is 0.130. The molecule has 4 rings (SSSR count). The molecule has 1 atom stereocenters. The van der Waals surface area contributed by atoms with Crippen LogP contribution in [0.25, 0.3) is 0 Å². The van der Waals surface area contributed by atoms with Crippen LogP contribution in [0.2, 0.25) is 0 Å². The SMILES string of the molecule is O=C(Cc1cccs1)N1CCOC(CN2CCN(c3cccc(C(F)(F)F)c3)CC2)C1. The van der Waals surface area contributed by atoms with Gasteiger partial charge < -0.3 is 14.5 Å². The Balaban J connectivity index is 1.26. The first-order chi connectivity index (χ1) is 14.9. The summed E-state index contributed by atoms with van der Waals surface area (Å²) in [5.41, 5.74) is -0.0101. The van der Waals surface area contributed by atoms with Gasteiger partial charge >= 0.3 is 6.18 Å². The van der Waals surface area contributed by atoms with Crippen LogP contribution in [0.3, 0.4) is 0 Å². The quantitative estimate of drug-likeness (QED) is 0.696. The maximum Gasteiger partial charge on any atom is 0.416 e. The van der Waals surface area contributed by atoms with Crippen molar-refractivity contribution in [1.82, 2.24) is 9.80 Å². The van der Waals surface area contributed by atoms with Gasteiger partial charge in [0.15, 0.2) is 0 Å². The van der Waals surface area contributed by atoms with Crippen LogP contribution >= 0.6 is 11.3 Å². The van der Waals surface area contributed by atoms with Gasteiger partial charge in [-0.05, 0) is 29.6 Å². The summed E-state index contributed by atoms with van der Waals surface area (Å²) in [6.45, 7) is 5.27. The van der Waals surface area contributed by atoms with E-state index in [2.05, 4.69) is 4.90 Å². The Bertz CT molecular complexity index is 867. The lowest BCUT2D eigenvalue weighted by atomic mass is 10.1. The number of ether oxygens (including phenoxy) is 1. The van der Waals surface area contributed by atoms with Gasteiger partial charge in [0.2, 0.25) is 5.91 Å². The highest BCUT2D eigenvalue weighted by molar-refractivity contribution is 7.10. The summed E-state index contributed by atoms with van der Waals surface area (Å²) in [6, 6.07) is 9.44. The fourth-order valence-corrected chi connectivity index (χ4v) is 4.78. The molecule has 2 aliphatic rings. The minimum Gasteiger partial charge on any atom is -0.373 e. The standard InChI is InChI=1S/C22H26F3N3O2S/c23-22(24,25)17-3-1-4-18(13-17)27-8-6-26(7-9-27)15-19-16-28(10-11-30-19)21(29)14-20-5-2-12-31-20/h1-5,12-13,19H,6-11,14-16H2. The van der Waals surface area contributed by atoms with Crippen molar-refractivity contribution in [2.75, 3.05) is 57.3 Å². The van der Waals surface area contributed by atoms with Gasteiger partial charge in [0.05, 0.1) is 24.7 Å². The first-order valence-corrected chi connectivity index (χ1v) is 11.3. The second-order valence-corrected chi connectivity index (χ2v) is 8.96. The van der Waals surface area contributed by atoms with E-state index in [9.17, 15) is 18.0 Å². The van der Waals surface area contributed by atoms with Crippen molar-refractivity contribution in [1.29, 1.82) is 0 Å². The van der Waals surface area contributed by atoms with Gasteiger partial charge in [-0.3, -0.25) is 9.69 Å². The van der Waals surface area contributed by atoms with Gasteiger partial charge in [0.25, 0.3) is 0 Å². The predicted molar refractivity (Wildman–Crippen MR) is 114 cm³/mol. The Morgan fingerprint density at radius 2 is 1.90 bits per heavy atom. The molecule has 1 unspecified atom stereocenters. The predicted octanol–water partition coefficient (Wildman–Crippen LogP) is 3.36. The molecule has 0 spiro atoms. The van der Waals surface area contributed by atoms with E-state index in [4.69, 9.17) is 4.74 Å². The summed E-state index contributed by atoms with van der Waals surface area (Å²) < 4.78 is 44.8. The Morgan fingerprint density at radius 3 is 2.61 bits per heavy atom. The molecule has 0 N–H and O–H groups in total. The minimum atomic E-state index is -4.33. The number of hydrogen-bond donors (Lipinski definition) is 0. The second-order valence-electron chi connectivity index (χ2n) is 7.92. The highest BCUT2D eigenvalue weighted by atomic mass is 32.1. The van der Waals surface area contributed by atoms with Crippen LogP contribution in [0.4, 0.5) is 18.9 Å². The second kappa shape index (κ2) is 9.58. The first kappa shape index (κ1) is 22.1. The number of rotatable bonds is 5. The summed E-state index contributed by atoms with van der Waals surface area (Å²) >= 11 is 1.59. The molecule has 2 saturated heterocycles. The van der Waals surface area contributed by atoms with Crippen LogP contribution in [0, 0.1) is 0 Å². The lowest BCUT2D eigenvalue weighted by Crippen LogP contribution is -2.53. The molecule has 0 radical (unpaired) electrons. The number of benzene rings is 1. The van der Waals surface area contributed by atoms with Crippen LogP contribution < -0.4 is 4.90 Å². The molecular weight excluding hydrogens is 427 g/mol.